The van der Waals surface area contributed by atoms with Crippen LogP contribution in [0.2, 0.25) is 0 Å². The Morgan fingerprint density at radius 3 is 1.39 bits per heavy atom. The number of carbonyl (C=O) groups is 7. The van der Waals surface area contributed by atoms with Crippen LogP contribution in [0.15, 0.2) is 9.79 Å². The molecular weight excluding hydrogens is 1330 g/mol. The Morgan fingerprint density at radius 1 is 0.560 bits per heavy atom. The maximum absolute atomic E-state index is 15.1. The average molecular weight is 1450 g/mol. The van der Waals surface area contributed by atoms with Crippen LogP contribution >= 0.6 is 0 Å². The third-order valence-electron chi connectivity index (χ3n) is 17.2. The highest BCUT2D eigenvalue weighted by molar-refractivity contribution is 7.90. The molecule has 6 atom stereocenters. The third-order valence-corrected chi connectivity index (χ3v) is 20.4. The summed E-state index contributed by atoms with van der Waals surface area (Å²) in [7, 11) is -8.77. The molecule has 0 saturated carbocycles. The number of sulfonamides is 2. The van der Waals surface area contributed by atoms with Crippen molar-refractivity contribution in [3.05, 3.63) is 44.5 Å². The van der Waals surface area contributed by atoms with Crippen LogP contribution in [0.3, 0.4) is 0 Å². The molecule has 2 aromatic carbocycles. The van der Waals surface area contributed by atoms with Gasteiger partial charge in [0.25, 0.3) is 20.0 Å². The number of alkyl carbamates (subject to hydrolysis) is 1. The molecule has 0 bridgehead atoms. The zero-order valence-corrected chi connectivity index (χ0v) is 63.4. The fourth-order valence-corrected chi connectivity index (χ4v) is 15.1. The van der Waals surface area contributed by atoms with Crippen LogP contribution < -0.4 is 61.9 Å². The Morgan fingerprint density at radius 2 is 0.960 bits per heavy atom. The lowest BCUT2D eigenvalue weighted by atomic mass is 9.94. The first-order chi connectivity index (χ1) is 45.9. The van der Waals surface area contributed by atoms with Crippen molar-refractivity contribution in [1.29, 1.82) is 10.8 Å². The van der Waals surface area contributed by atoms with Gasteiger partial charge in [0.2, 0.25) is 41.5 Å². The van der Waals surface area contributed by atoms with Gasteiger partial charge in [-0.05, 0) is 223 Å². The summed E-state index contributed by atoms with van der Waals surface area (Å²) < 4.78 is 90.6. The molecule has 5 rings (SSSR count). The van der Waals surface area contributed by atoms with Crippen LogP contribution in [0.1, 0.15) is 192 Å². The van der Waals surface area contributed by atoms with Crippen molar-refractivity contribution >= 4 is 73.6 Å². The van der Waals surface area contributed by atoms with E-state index in [1.54, 1.807) is 104 Å². The van der Waals surface area contributed by atoms with Crippen molar-refractivity contribution in [2.45, 2.75) is 276 Å². The number of nitrogens with two attached hydrogens (primary N) is 1. The molecule has 3 aliphatic heterocycles. The van der Waals surface area contributed by atoms with E-state index in [0.717, 1.165) is 16.0 Å². The molecule has 3 aliphatic rings. The standard InChI is InChI=1S/C68H111N13O17S2/c1-37-39(3)53(41(5)43-33-67(16,17)96-51(37)43)99(90,91)79-61(70)72-30-22-26-46(76-58(85)49(36-95-65(10,11)12)78-55(82)45(69)35-94-64(7,8)9)56(83)75-47(27-23-31-73-62(71)80-100(92,93)54-40(4)38(2)52-44(42(54)6)34-68(18,19)97-52)57(84)77-48(59(86)81-32-24-28-50(81)60(87)88)25-20-21-29-74-63(89)98-66(13,14)15/h45-50H,20-36,69H2,1-19H3,(H,74,89)(H,75,83)(H,76,85)(H,77,84)(H,78,82)(H,87,88)(H3,70,72,79)(H3,71,73,80)/t45-,46-,47-,48-,49-,50-/m0/s1. The van der Waals surface area contributed by atoms with Crippen molar-refractivity contribution < 1.29 is 79.2 Å². The molecule has 1 fully saturated rings. The number of unbranched alkanes of at least 4 members (excludes halogenated alkanes) is 1. The number of guanidine groups is 2. The van der Waals surface area contributed by atoms with Gasteiger partial charge in [0.15, 0.2) is 0 Å². The maximum atomic E-state index is 15.1. The number of carboxylic acids is 1. The molecule has 2 aromatic rings. The van der Waals surface area contributed by atoms with Crippen LogP contribution in [0.4, 0.5) is 4.79 Å². The van der Waals surface area contributed by atoms with Gasteiger partial charge in [0, 0.05) is 50.1 Å². The van der Waals surface area contributed by atoms with Crippen molar-refractivity contribution in [3.8, 4) is 11.5 Å². The summed E-state index contributed by atoms with van der Waals surface area (Å²) in [5.74, 6) is -5.64. The quantitative estimate of drug-likeness (QED) is 0.0281. The molecule has 0 aromatic heterocycles. The second-order valence-corrected chi connectivity index (χ2v) is 33.6. The Balaban J connectivity index is 1.48. The molecule has 0 unspecified atom stereocenters. The van der Waals surface area contributed by atoms with Crippen molar-refractivity contribution in [1.82, 2.24) is 51.6 Å². The van der Waals surface area contributed by atoms with Crippen molar-refractivity contribution in [2.24, 2.45) is 5.73 Å². The van der Waals surface area contributed by atoms with E-state index in [2.05, 4.69) is 46.7 Å². The second-order valence-electron chi connectivity index (χ2n) is 30.3. The topological polar surface area (TPSA) is 439 Å². The third kappa shape index (κ3) is 23.5. The minimum Gasteiger partial charge on any atom is -0.487 e. The number of hydrogen-bond acceptors (Lipinski definition) is 19. The molecule has 30 nitrogen and oxygen atoms in total. The number of likely N-dealkylation sites (tertiary alicyclic amines) is 1. The summed E-state index contributed by atoms with van der Waals surface area (Å²) in [5, 5.41) is 46.5. The minimum absolute atomic E-state index is 0.0110. The van der Waals surface area contributed by atoms with Crippen LogP contribution in [0.5, 0.6) is 11.5 Å². The van der Waals surface area contributed by atoms with E-state index in [1.807, 2.05) is 27.7 Å². The van der Waals surface area contributed by atoms with Gasteiger partial charge >= 0.3 is 12.1 Å². The molecule has 1 saturated heterocycles. The van der Waals surface area contributed by atoms with E-state index in [0.29, 0.717) is 64.1 Å². The maximum Gasteiger partial charge on any atom is 0.407 e. The number of benzene rings is 2. The number of amides is 6. The highest BCUT2D eigenvalue weighted by Gasteiger charge is 2.42. The van der Waals surface area contributed by atoms with Crippen molar-refractivity contribution in [2.75, 3.05) is 39.4 Å². The first-order valence-electron chi connectivity index (χ1n) is 34.0. The average Bonchev–Trinajstić information content (AvgIpc) is 1.50. The first-order valence-corrected chi connectivity index (χ1v) is 37.0. The van der Waals surface area contributed by atoms with Gasteiger partial charge in [-0.1, -0.05) is 0 Å². The predicted molar refractivity (Wildman–Crippen MR) is 376 cm³/mol. The summed E-state index contributed by atoms with van der Waals surface area (Å²) in [6.45, 7) is 32.5. The Kier molecular flexibility index (Phi) is 27.8. The van der Waals surface area contributed by atoms with E-state index >= 15 is 9.59 Å². The van der Waals surface area contributed by atoms with Gasteiger partial charge in [0.05, 0.1) is 34.2 Å². The molecule has 32 heteroatoms. The van der Waals surface area contributed by atoms with Crippen LogP contribution in [-0.2, 0) is 75.9 Å². The molecular formula is C68H111N13O17S2. The molecule has 562 valence electrons. The van der Waals surface area contributed by atoms with Gasteiger partial charge < -0.3 is 76.6 Å². The lowest BCUT2D eigenvalue weighted by Crippen LogP contribution is -2.60. The van der Waals surface area contributed by atoms with Gasteiger partial charge in [0.1, 0.15) is 64.6 Å². The normalized spacial score (nSPS) is 17.1. The summed E-state index contributed by atoms with van der Waals surface area (Å²) in [5.41, 5.74) is 7.30. The fourth-order valence-electron chi connectivity index (χ4n) is 12.1. The lowest BCUT2D eigenvalue weighted by Gasteiger charge is -2.30. The second kappa shape index (κ2) is 33.5. The number of hydrogen-bond donors (Lipinski definition) is 13. The monoisotopic (exact) mass is 1450 g/mol. The van der Waals surface area contributed by atoms with Gasteiger partial charge in [-0.25, -0.2) is 35.9 Å². The summed E-state index contributed by atoms with van der Waals surface area (Å²) in [6, 6.07) is -8.53. The number of aliphatic carboxylic acids is 1. The number of nitrogens with one attached hydrogen (secondary N) is 11. The SMILES string of the molecule is Cc1c(C)c(S(=O)(=O)NC(=N)NCCC[C@H](NC(=O)[C@H](COC(C)(C)C)NC(=O)[C@@H](N)COC(C)(C)C)C(=O)N[C@@H](CCCNC(=N)NS(=O)(=O)c2c(C)c(C)c3c(c2C)CC(C)(C)O3)C(=O)N[C@@H](CCCCNC(=O)OC(C)(C)C)C(=O)N2CCC[C@H]2C(=O)O)c(C)c2c1OC(C)(C)C2. The van der Waals surface area contributed by atoms with E-state index in [-0.39, 0.29) is 93.9 Å². The molecule has 100 heavy (non-hydrogen) atoms. The van der Waals surface area contributed by atoms with Crippen LogP contribution in [-0.4, -0.2) is 184 Å². The van der Waals surface area contributed by atoms with E-state index < -0.39 is 144 Å². The van der Waals surface area contributed by atoms with Crippen LogP contribution in [0, 0.1) is 52.4 Å². The first kappa shape index (κ1) is 83.1. The molecule has 3 heterocycles. The summed E-state index contributed by atoms with van der Waals surface area (Å²) in [4.78, 5) is 99.1. The fraction of sp³-hybridized carbons (Fsp3) is 0.691. The van der Waals surface area contributed by atoms with Crippen molar-refractivity contribution in [3.63, 3.8) is 0 Å². The van der Waals surface area contributed by atoms with Crippen LogP contribution in [0.25, 0.3) is 0 Å². The Bertz CT molecular complexity index is 3630. The summed E-state index contributed by atoms with van der Waals surface area (Å²) in [6.07, 6.45) is 0.461. The smallest absolute Gasteiger partial charge is 0.407 e. The molecule has 0 radical (unpaired) electrons. The van der Waals surface area contributed by atoms with E-state index in [1.165, 1.54) is 0 Å². The number of carboxylic acid groups (broad SMARTS) is 1. The Labute approximate surface area is 589 Å². The summed E-state index contributed by atoms with van der Waals surface area (Å²) >= 11 is 0. The molecule has 0 spiro atoms. The number of nitrogens with zero attached hydrogens (tertiary/aromatic N) is 1. The number of rotatable bonds is 31. The number of carbonyl (C=O) groups excluding carboxylic acids is 6. The zero-order chi connectivity index (χ0) is 75.6. The largest absolute Gasteiger partial charge is 0.487 e. The lowest BCUT2D eigenvalue weighted by molar-refractivity contribution is -0.149. The van der Waals surface area contributed by atoms with Gasteiger partial charge in [-0.15, -0.1) is 0 Å². The van der Waals surface area contributed by atoms with Gasteiger partial charge in [-0.3, -0.25) is 34.8 Å². The molecule has 6 amide bonds. The Hall–Kier alpha value is -7.55. The number of ether oxygens (including phenoxy) is 5. The molecule has 14 N–H and O–H groups in total. The highest BCUT2D eigenvalue weighted by atomic mass is 32.2. The van der Waals surface area contributed by atoms with E-state index in [9.17, 15) is 45.9 Å². The van der Waals surface area contributed by atoms with E-state index in [4.69, 9.17) is 40.2 Å². The number of fused-ring (bicyclic) bond motifs is 2. The molecule has 0 aliphatic carbocycles. The van der Waals surface area contributed by atoms with Gasteiger partial charge in [-0.2, -0.15) is 0 Å². The zero-order valence-electron chi connectivity index (χ0n) is 61.8. The predicted octanol–water partition coefficient (Wildman–Crippen LogP) is 4.50. The highest BCUT2D eigenvalue weighted by Crippen LogP contribution is 2.45. The minimum atomic E-state index is -4.39.